The van der Waals surface area contributed by atoms with Crippen LogP contribution in [0, 0.1) is 5.92 Å². The molecule has 0 saturated carbocycles. The number of halogens is 2. The highest BCUT2D eigenvalue weighted by molar-refractivity contribution is 7.63. The van der Waals surface area contributed by atoms with Gasteiger partial charge in [-0.05, 0) is 19.8 Å². The fraction of sp³-hybridized carbons (Fsp3) is 0.889. The molecule has 15 heavy (non-hydrogen) atoms. The van der Waals surface area contributed by atoms with Gasteiger partial charge in [0.05, 0.1) is 5.92 Å². The predicted octanol–water partition coefficient (Wildman–Crippen LogP) is 2.79. The van der Waals surface area contributed by atoms with E-state index in [4.69, 9.17) is 0 Å². The normalized spacial score (nSPS) is 14.8. The van der Waals surface area contributed by atoms with Crippen LogP contribution in [0.4, 0.5) is 8.78 Å². The third-order valence-electron chi connectivity index (χ3n) is 2.19. The summed E-state index contributed by atoms with van der Waals surface area (Å²) in [6, 6.07) is 0. The van der Waals surface area contributed by atoms with E-state index in [1.807, 2.05) is 0 Å². The Bertz CT molecular complexity index is 273. The molecule has 0 saturated heterocycles. The van der Waals surface area contributed by atoms with Gasteiger partial charge in [-0.25, -0.2) is 0 Å². The SMILES string of the molecule is CCC(C)C(=O)OCC(F)(F)P(C)(C)=O. The van der Waals surface area contributed by atoms with E-state index in [1.165, 1.54) is 0 Å². The van der Waals surface area contributed by atoms with E-state index in [9.17, 15) is 18.1 Å². The summed E-state index contributed by atoms with van der Waals surface area (Å²) in [5.74, 6) is -1.08. The molecule has 0 aromatic rings. The van der Waals surface area contributed by atoms with E-state index in [2.05, 4.69) is 4.74 Å². The van der Waals surface area contributed by atoms with Gasteiger partial charge in [-0.3, -0.25) is 4.79 Å². The smallest absolute Gasteiger partial charge is 0.330 e. The molecule has 1 unspecified atom stereocenters. The maximum Gasteiger partial charge on any atom is 0.330 e. The van der Waals surface area contributed by atoms with E-state index in [1.54, 1.807) is 13.8 Å². The van der Waals surface area contributed by atoms with E-state index in [0.717, 1.165) is 13.3 Å². The first-order valence-corrected chi connectivity index (χ1v) is 7.31. The zero-order chi connectivity index (χ0) is 12.3. The summed E-state index contributed by atoms with van der Waals surface area (Å²) >= 11 is 0. The molecule has 0 N–H and O–H groups in total. The maximum atomic E-state index is 13.1. The number of carbonyl (C=O) groups is 1. The van der Waals surface area contributed by atoms with Gasteiger partial charge in [0.1, 0.15) is 0 Å². The fourth-order valence-corrected chi connectivity index (χ4v) is 0.998. The summed E-state index contributed by atoms with van der Waals surface area (Å²) in [6.45, 7) is 4.21. The van der Waals surface area contributed by atoms with Crippen molar-refractivity contribution in [1.82, 2.24) is 0 Å². The maximum absolute atomic E-state index is 13.1. The fourth-order valence-electron chi connectivity index (χ4n) is 0.622. The molecule has 0 aliphatic heterocycles. The van der Waals surface area contributed by atoms with Crippen LogP contribution in [0.1, 0.15) is 20.3 Å². The molecule has 0 aliphatic carbocycles. The van der Waals surface area contributed by atoms with Crippen LogP contribution >= 0.6 is 7.14 Å². The lowest BCUT2D eigenvalue weighted by Gasteiger charge is -2.21. The van der Waals surface area contributed by atoms with Crippen molar-refractivity contribution in [3.05, 3.63) is 0 Å². The first-order valence-electron chi connectivity index (χ1n) is 4.71. The molecule has 0 aromatic carbocycles. The van der Waals surface area contributed by atoms with Gasteiger partial charge < -0.3 is 9.30 Å². The lowest BCUT2D eigenvalue weighted by atomic mass is 10.1. The first kappa shape index (κ1) is 14.6. The lowest BCUT2D eigenvalue weighted by molar-refractivity contribution is -0.153. The van der Waals surface area contributed by atoms with Crippen molar-refractivity contribution in [2.75, 3.05) is 19.9 Å². The van der Waals surface area contributed by atoms with Gasteiger partial charge in [-0.15, -0.1) is 0 Å². The minimum atomic E-state index is -3.57. The third-order valence-corrected chi connectivity index (χ3v) is 3.90. The highest BCUT2D eigenvalue weighted by Crippen LogP contribution is 2.53. The Labute approximate surface area is 88.6 Å². The Hall–Kier alpha value is -0.440. The predicted molar refractivity (Wildman–Crippen MR) is 54.8 cm³/mol. The molecule has 0 amide bonds. The van der Waals surface area contributed by atoms with E-state index in [0.29, 0.717) is 6.42 Å². The molecular weight excluding hydrogens is 225 g/mol. The highest BCUT2D eigenvalue weighted by Gasteiger charge is 2.44. The van der Waals surface area contributed by atoms with Gasteiger partial charge in [-0.2, -0.15) is 8.78 Å². The van der Waals surface area contributed by atoms with Crippen LogP contribution in [0.15, 0.2) is 0 Å². The summed E-state index contributed by atoms with van der Waals surface area (Å²) in [4.78, 5) is 11.1. The highest BCUT2D eigenvalue weighted by atomic mass is 31.2. The van der Waals surface area contributed by atoms with Gasteiger partial charge in [0.25, 0.3) is 0 Å². The molecule has 3 nitrogen and oxygen atoms in total. The molecule has 0 heterocycles. The molecule has 0 rings (SSSR count). The van der Waals surface area contributed by atoms with E-state index < -0.39 is 31.3 Å². The van der Waals surface area contributed by atoms with Crippen LogP contribution in [0.3, 0.4) is 0 Å². The van der Waals surface area contributed by atoms with Gasteiger partial charge >= 0.3 is 11.6 Å². The molecule has 0 aliphatic rings. The van der Waals surface area contributed by atoms with Crippen molar-refractivity contribution in [3.63, 3.8) is 0 Å². The minimum Gasteiger partial charge on any atom is -0.459 e. The second kappa shape index (κ2) is 5.06. The Morgan fingerprint density at radius 2 is 1.93 bits per heavy atom. The van der Waals surface area contributed by atoms with E-state index >= 15 is 0 Å². The minimum absolute atomic E-state index is 0.408. The topological polar surface area (TPSA) is 43.4 Å². The number of ether oxygens (including phenoxy) is 1. The zero-order valence-electron chi connectivity index (χ0n) is 9.42. The molecule has 1 atom stereocenters. The number of rotatable bonds is 5. The number of alkyl halides is 2. The number of esters is 1. The van der Waals surface area contributed by atoms with Crippen LogP contribution in [0.5, 0.6) is 0 Å². The lowest BCUT2D eigenvalue weighted by Crippen LogP contribution is -2.27. The van der Waals surface area contributed by atoms with Crippen LogP contribution in [-0.2, 0) is 14.1 Å². The molecule has 0 bridgehead atoms. The Morgan fingerprint density at radius 1 is 1.47 bits per heavy atom. The average Bonchev–Trinajstić information content (AvgIpc) is 2.11. The van der Waals surface area contributed by atoms with Gasteiger partial charge in [0, 0.05) is 0 Å². The number of carbonyl (C=O) groups excluding carboxylic acids is 1. The van der Waals surface area contributed by atoms with Gasteiger partial charge in [0.2, 0.25) is 0 Å². The third kappa shape index (κ3) is 4.29. The van der Waals surface area contributed by atoms with Gasteiger partial charge in [-0.1, -0.05) is 13.8 Å². The molecule has 90 valence electrons. The Balaban J connectivity index is 4.28. The molecule has 0 radical (unpaired) electrons. The van der Waals surface area contributed by atoms with Crippen molar-refractivity contribution < 1.29 is 22.9 Å². The second-order valence-electron chi connectivity index (χ2n) is 3.93. The quantitative estimate of drug-likeness (QED) is 0.550. The van der Waals surface area contributed by atoms with Crippen molar-refractivity contribution >= 4 is 13.1 Å². The van der Waals surface area contributed by atoms with Crippen molar-refractivity contribution in [2.24, 2.45) is 5.92 Å². The standard InChI is InChI=1S/C9H17F2O3P/c1-5-7(2)8(12)14-6-9(10,11)15(3,4)13/h7H,5-6H2,1-4H3. The van der Waals surface area contributed by atoms with Crippen LogP contribution in [0.25, 0.3) is 0 Å². The first-order chi connectivity index (χ1) is 6.62. The van der Waals surface area contributed by atoms with Crippen molar-refractivity contribution in [2.45, 2.75) is 25.9 Å². The van der Waals surface area contributed by atoms with Crippen molar-refractivity contribution in [1.29, 1.82) is 0 Å². The summed E-state index contributed by atoms with van der Waals surface area (Å²) in [6.07, 6.45) is 0.528. The van der Waals surface area contributed by atoms with Crippen LogP contribution in [-0.4, -0.2) is 31.6 Å². The van der Waals surface area contributed by atoms with Crippen molar-refractivity contribution in [3.8, 4) is 0 Å². The molecule has 0 spiro atoms. The molecule has 0 fully saturated rings. The number of hydrogen-bond donors (Lipinski definition) is 0. The largest absolute Gasteiger partial charge is 0.459 e. The monoisotopic (exact) mass is 242 g/mol. The molecule has 6 heteroatoms. The Kier molecular flexibility index (Phi) is 4.91. The molecule has 0 aromatic heterocycles. The van der Waals surface area contributed by atoms with Gasteiger partial charge in [0.15, 0.2) is 13.7 Å². The van der Waals surface area contributed by atoms with Crippen LogP contribution < -0.4 is 0 Å². The van der Waals surface area contributed by atoms with Crippen LogP contribution in [0.2, 0.25) is 0 Å². The zero-order valence-corrected chi connectivity index (χ0v) is 10.3. The Morgan fingerprint density at radius 3 is 2.27 bits per heavy atom. The summed E-state index contributed by atoms with van der Waals surface area (Å²) < 4.78 is 41.8. The van der Waals surface area contributed by atoms with E-state index in [-0.39, 0.29) is 0 Å². The summed E-state index contributed by atoms with van der Waals surface area (Å²) in [5, 5.41) is 0. The molecular formula is C9H17F2O3P. The summed E-state index contributed by atoms with van der Waals surface area (Å²) in [5.41, 5.74) is -3.43. The second-order valence-corrected chi connectivity index (χ2v) is 7.29. The number of hydrogen-bond acceptors (Lipinski definition) is 3. The average molecular weight is 242 g/mol. The summed E-state index contributed by atoms with van der Waals surface area (Å²) in [7, 11) is -3.57.